The van der Waals surface area contributed by atoms with Crippen LogP contribution in [0.2, 0.25) is 0 Å². The summed E-state index contributed by atoms with van der Waals surface area (Å²) < 4.78 is 10.8. The number of fused-ring (bicyclic) bond motifs is 1. The Hall–Kier alpha value is -1.72. The second-order valence-electron chi connectivity index (χ2n) is 5.43. The Labute approximate surface area is 118 Å². The number of ether oxygens (including phenoxy) is 1. The fraction of sp³-hybridized carbons (Fsp3) is 0.467. The molecule has 1 aliphatic rings. The SMILES string of the molecule is CC(C)OCC(N)c1noc(C2Cc3ccccc32)n1. The molecule has 20 heavy (non-hydrogen) atoms. The minimum absolute atomic E-state index is 0.144. The van der Waals surface area contributed by atoms with Crippen molar-refractivity contribution in [3.05, 3.63) is 47.1 Å². The van der Waals surface area contributed by atoms with Gasteiger partial charge in [-0.2, -0.15) is 4.98 Å². The van der Waals surface area contributed by atoms with Crippen LogP contribution in [0.1, 0.15) is 48.6 Å². The van der Waals surface area contributed by atoms with Crippen LogP contribution in [-0.2, 0) is 11.2 Å². The molecule has 1 aliphatic carbocycles. The van der Waals surface area contributed by atoms with E-state index in [1.54, 1.807) is 0 Å². The molecule has 106 valence electrons. The Morgan fingerprint density at radius 1 is 1.40 bits per heavy atom. The van der Waals surface area contributed by atoms with Gasteiger partial charge in [-0.3, -0.25) is 0 Å². The summed E-state index contributed by atoms with van der Waals surface area (Å²) in [6.07, 6.45) is 1.10. The lowest BCUT2D eigenvalue weighted by Crippen LogP contribution is -2.21. The summed E-state index contributed by atoms with van der Waals surface area (Å²) in [6.45, 7) is 4.34. The van der Waals surface area contributed by atoms with Crippen molar-refractivity contribution >= 4 is 0 Å². The van der Waals surface area contributed by atoms with Crippen LogP contribution in [0.25, 0.3) is 0 Å². The average molecular weight is 273 g/mol. The van der Waals surface area contributed by atoms with E-state index in [4.69, 9.17) is 15.0 Å². The minimum Gasteiger partial charge on any atom is -0.377 e. The summed E-state index contributed by atoms with van der Waals surface area (Å²) in [4.78, 5) is 4.43. The largest absolute Gasteiger partial charge is 0.377 e. The Morgan fingerprint density at radius 2 is 2.20 bits per heavy atom. The number of nitrogens with zero attached hydrogens (tertiary/aromatic N) is 2. The molecule has 2 atom stereocenters. The van der Waals surface area contributed by atoms with Crippen LogP contribution in [0.4, 0.5) is 0 Å². The van der Waals surface area contributed by atoms with Crippen LogP contribution < -0.4 is 5.73 Å². The Morgan fingerprint density at radius 3 is 2.95 bits per heavy atom. The van der Waals surface area contributed by atoms with Crippen LogP contribution in [-0.4, -0.2) is 22.9 Å². The molecular weight excluding hydrogens is 254 g/mol. The van der Waals surface area contributed by atoms with Crippen LogP contribution in [0.15, 0.2) is 28.8 Å². The fourth-order valence-electron chi connectivity index (χ4n) is 2.39. The molecule has 1 aromatic heterocycles. The van der Waals surface area contributed by atoms with E-state index in [1.807, 2.05) is 26.0 Å². The highest BCUT2D eigenvalue weighted by atomic mass is 16.5. The number of rotatable bonds is 5. The first kappa shape index (κ1) is 13.3. The monoisotopic (exact) mass is 273 g/mol. The van der Waals surface area contributed by atoms with E-state index in [9.17, 15) is 0 Å². The van der Waals surface area contributed by atoms with Crippen molar-refractivity contribution in [2.24, 2.45) is 5.73 Å². The number of hydrogen-bond donors (Lipinski definition) is 1. The minimum atomic E-state index is -0.342. The lowest BCUT2D eigenvalue weighted by molar-refractivity contribution is 0.0665. The summed E-state index contributed by atoms with van der Waals surface area (Å²) in [5.41, 5.74) is 8.63. The van der Waals surface area contributed by atoms with E-state index >= 15 is 0 Å². The molecule has 0 saturated carbocycles. The summed E-state index contributed by atoms with van der Waals surface area (Å²) in [5.74, 6) is 1.38. The normalized spacial score (nSPS) is 18.7. The van der Waals surface area contributed by atoms with Crippen molar-refractivity contribution in [3.63, 3.8) is 0 Å². The molecule has 0 bridgehead atoms. The molecule has 0 radical (unpaired) electrons. The van der Waals surface area contributed by atoms with Crippen LogP contribution >= 0.6 is 0 Å². The van der Waals surface area contributed by atoms with Crippen molar-refractivity contribution < 1.29 is 9.26 Å². The summed E-state index contributed by atoms with van der Waals surface area (Å²) >= 11 is 0. The van der Waals surface area contributed by atoms with Gasteiger partial charge in [-0.15, -0.1) is 0 Å². The molecule has 0 saturated heterocycles. The third-order valence-electron chi connectivity index (χ3n) is 3.55. The van der Waals surface area contributed by atoms with Gasteiger partial charge in [-0.1, -0.05) is 29.4 Å². The first-order valence-electron chi connectivity index (χ1n) is 6.93. The van der Waals surface area contributed by atoms with Crippen molar-refractivity contribution in [2.45, 2.75) is 38.3 Å². The van der Waals surface area contributed by atoms with E-state index in [0.717, 1.165) is 6.42 Å². The lowest BCUT2D eigenvalue weighted by Gasteiger charge is -2.26. The highest BCUT2D eigenvalue weighted by Gasteiger charge is 2.32. The smallest absolute Gasteiger partial charge is 0.234 e. The maximum Gasteiger partial charge on any atom is 0.234 e. The maximum absolute atomic E-state index is 6.00. The number of benzene rings is 1. The fourth-order valence-corrected chi connectivity index (χ4v) is 2.39. The number of nitrogens with two attached hydrogens (primary N) is 1. The summed E-state index contributed by atoms with van der Waals surface area (Å²) in [6, 6.07) is 7.98. The molecule has 2 unspecified atom stereocenters. The van der Waals surface area contributed by atoms with Gasteiger partial charge in [0.15, 0.2) is 5.82 Å². The van der Waals surface area contributed by atoms with E-state index in [1.165, 1.54) is 11.1 Å². The van der Waals surface area contributed by atoms with Gasteiger partial charge in [0.2, 0.25) is 5.89 Å². The van der Waals surface area contributed by atoms with Gasteiger partial charge in [0, 0.05) is 0 Å². The molecule has 0 spiro atoms. The first-order chi connectivity index (χ1) is 9.65. The molecule has 5 heteroatoms. The quantitative estimate of drug-likeness (QED) is 0.903. The predicted molar refractivity (Wildman–Crippen MR) is 74.3 cm³/mol. The van der Waals surface area contributed by atoms with Gasteiger partial charge in [-0.05, 0) is 31.4 Å². The van der Waals surface area contributed by atoms with Gasteiger partial charge < -0.3 is 15.0 Å². The predicted octanol–water partition coefficient (Wildman–Crippen LogP) is 2.18. The molecule has 0 aliphatic heterocycles. The van der Waals surface area contributed by atoms with E-state index in [0.29, 0.717) is 18.3 Å². The molecular formula is C15H19N3O2. The van der Waals surface area contributed by atoms with Crippen molar-refractivity contribution in [1.29, 1.82) is 0 Å². The zero-order chi connectivity index (χ0) is 14.1. The van der Waals surface area contributed by atoms with Gasteiger partial charge in [0.25, 0.3) is 0 Å². The van der Waals surface area contributed by atoms with E-state index in [-0.39, 0.29) is 18.1 Å². The molecule has 1 aromatic carbocycles. The van der Waals surface area contributed by atoms with Crippen molar-refractivity contribution in [2.75, 3.05) is 6.61 Å². The van der Waals surface area contributed by atoms with Crippen LogP contribution in [0, 0.1) is 0 Å². The highest BCUT2D eigenvalue weighted by molar-refractivity contribution is 5.43. The zero-order valence-corrected chi connectivity index (χ0v) is 11.7. The zero-order valence-electron chi connectivity index (χ0n) is 11.7. The first-order valence-corrected chi connectivity index (χ1v) is 6.93. The average Bonchev–Trinajstić information content (AvgIpc) is 2.87. The van der Waals surface area contributed by atoms with Gasteiger partial charge >= 0.3 is 0 Å². The van der Waals surface area contributed by atoms with Gasteiger partial charge in [0.05, 0.1) is 24.7 Å². The Kier molecular flexibility index (Phi) is 3.54. The Balaban J connectivity index is 1.69. The number of hydrogen-bond acceptors (Lipinski definition) is 5. The maximum atomic E-state index is 6.00. The van der Waals surface area contributed by atoms with E-state index in [2.05, 4.69) is 22.3 Å². The molecule has 1 heterocycles. The van der Waals surface area contributed by atoms with Crippen molar-refractivity contribution in [3.8, 4) is 0 Å². The standard InChI is InChI=1S/C15H19N3O2/c1-9(2)19-8-13(16)14-17-15(20-18-14)12-7-10-5-3-4-6-11(10)12/h3-6,9,12-13H,7-8,16H2,1-2H3. The van der Waals surface area contributed by atoms with Crippen LogP contribution in [0.5, 0.6) is 0 Å². The molecule has 3 rings (SSSR count). The van der Waals surface area contributed by atoms with Crippen molar-refractivity contribution in [1.82, 2.24) is 10.1 Å². The third kappa shape index (κ3) is 2.46. The lowest BCUT2D eigenvalue weighted by atomic mass is 9.77. The molecule has 2 N–H and O–H groups in total. The molecule has 2 aromatic rings. The Bertz CT molecular complexity index is 594. The second-order valence-corrected chi connectivity index (χ2v) is 5.43. The third-order valence-corrected chi connectivity index (χ3v) is 3.55. The second kappa shape index (κ2) is 5.34. The molecule has 0 amide bonds. The molecule has 5 nitrogen and oxygen atoms in total. The summed E-state index contributed by atoms with van der Waals surface area (Å²) in [5, 5.41) is 3.98. The highest BCUT2D eigenvalue weighted by Crippen LogP contribution is 2.39. The molecule has 0 fully saturated rings. The van der Waals surface area contributed by atoms with Crippen LogP contribution in [0.3, 0.4) is 0 Å². The van der Waals surface area contributed by atoms with E-state index < -0.39 is 0 Å². The van der Waals surface area contributed by atoms with Gasteiger partial charge in [0.1, 0.15) is 0 Å². The topological polar surface area (TPSA) is 74.2 Å². The summed E-state index contributed by atoms with van der Waals surface area (Å²) in [7, 11) is 0. The van der Waals surface area contributed by atoms with Gasteiger partial charge in [-0.25, -0.2) is 0 Å². The number of aromatic nitrogens is 2.